The van der Waals surface area contributed by atoms with E-state index in [-0.39, 0.29) is 5.91 Å². The highest BCUT2D eigenvalue weighted by atomic mass is 16.2. The average Bonchev–Trinajstić information content (AvgIpc) is 3.04. The van der Waals surface area contributed by atoms with E-state index in [9.17, 15) is 4.79 Å². The highest BCUT2D eigenvalue weighted by molar-refractivity contribution is 5.93. The van der Waals surface area contributed by atoms with Crippen LogP contribution < -0.4 is 5.32 Å². The summed E-state index contributed by atoms with van der Waals surface area (Å²) in [6.07, 6.45) is 2.03. The molecule has 1 aromatic heterocycles. The molecule has 0 aromatic carbocycles. The molecule has 5 nitrogen and oxygen atoms in total. The van der Waals surface area contributed by atoms with Gasteiger partial charge in [0.05, 0.1) is 5.69 Å². The van der Waals surface area contributed by atoms with Gasteiger partial charge in [-0.15, -0.1) is 0 Å². The van der Waals surface area contributed by atoms with Crippen LogP contribution in [0, 0.1) is 6.92 Å². The quantitative estimate of drug-likeness (QED) is 0.875. The van der Waals surface area contributed by atoms with Crippen LogP contribution in [0.25, 0.3) is 0 Å². The minimum atomic E-state index is 0.123. The van der Waals surface area contributed by atoms with Crippen molar-refractivity contribution in [2.75, 3.05) is 19.6 Å². The van der Waals surface area contributed by atoms with Crippen LogP contribution in [0.15, 0.2) is 6.07 Å². The van der Waals surface area contributed by atoms with Crippen molar-refractivity contribution in [3.8, 4) is 0 Å². The molecule has 5 heteroatoms. The first-order valence-corrected chi connectivity index (χ1v) is 7.23. The third-order valence-corrected chi connectivity index (χ3v) is 3.62. The summed E-state index contributed by atoms with van der Waals surface area (Å²) in [6, 6.07) is 2.23. The van der Waals surface area contributed by atoms with Crippen molar-refractivity contribution in [2.24, 2.45) is 0 Å². The molecule has 1 aliphatic rings. The summed E-state index contributed by atoms with van der Waals surface area (Å²) < 4.78 is 1.81. The second kappa shape index (κ2) is 6.19. The van der Waals surface area contributed by atoms with Crippen LogP contribution in [0.2, 0.25) is 0 Å². The van der Waals surface area contributed by atoms with Gasteiger partial charge in [0, 0.05) is 25.7 Å². The molecule has 1 fully saturated rings. The standard InChI is InChI=1S/C14H24N4O/c1-4-8-17(12-6-7-15-10-12)14(19)13-9-11(3)16-18(13)5-2/h9,12,15H,4-8,10H2,1-3H3. The van der Waals surface area contributed by atoms with Gasteiger partial charge in [-0.25, -0.2) is 0 Å². The van der Waals surface area contributed by atoms with Gasteiger partial charge in [-0.1, -0.05) is 6.92 Å². The Morgan fingerprint density at radius 1 is 1.58 bits per heavy atom. The first-order valence-electron chi connectivity index (χ1n) is 7.23. The largest absolute Gasteiger partial charge is 0.333 e. The van der Waals surface area contributed by atoms with E-state index in [1.165, 1.54) is 0 Å². The Morgan fingerprint density at radius 2 is 2.37 bits per heavy atom. The van der Waals surface area contributed by atoms with Gasteiger partial charge in [0.25, 0.3) is 5.91 Å². The van der Waals surface area contributed by atoms with Gasteiger partial charge in [-0.05, 0) is 39.3 Å². The predicted octanol–water partition coefficient (Wildman–Crippen LogP) is 1.43. The summed E-state index contributed by atoms with van der Waals surface area (Å²) in [5, 5.41) is 7.71. The topological polar surface area (TPSA) is 50.2 Å². The number of amides is 1. The predicted molar refractivity (Wildman–Crippen MR) is 75.2 cm³/mol. The summed E-state index contributed by atoms with van der Waals surface area (Å²) in [5.74, 6) is 0.123. The zero-order valence-electron chi connectivity index (χ0n) is 12.1. The van der Waals surface area contributed by atoms with Crippen LogP contribution in [-0.2, 0) is 6.54 Å². The zero-order valence-corrected chi connectivity index (χ0v) is 12.1. The van der Waals surface area contributed by atoms with Gasteiger partial charge < -0.3 is 10.2 Å². The molecule has 0 radical (unpaired) electrons. The highest BCUT2D eigenvalue weighted by Gasteiger charge is 2.28. The first kappa shape index (κ1) is 14.1. The molecule has 1 saturated heterocycles. The van der Waals surface area contributed by atoms with Crippen LogP contribution in [-0.4, -0.2) is 46.3 Å². The van der Waals surface area contributed by atoms with E-state index in [4.69, 9.17) is 0 Å². The Morgan fingerprint density at radius 3 is 2.95 bits per heavy atom. The fourth-order valence-corrected chi connectivity index (χ4v) is 2.70. The van der Waals surface area contributed by atoms with E-state index in [0.717, 1.165) is 50.4 Å². The molecule has 1 aromatic rings. The molecule has 0 spiro atoms. The van der Waals surface area contributed by atoms with Crippen molar-refractivity contribution in [1.29, 1.82) is 0 Å². The molecule has 1 amide bonds. The van der Waals surface area contributed by atoms with E-state index in [1.54, 1.807) is 0 Å². The highest BCUT2D eigenvalue weighted by Crippen LogP contribution is 2.15. The lowest BCUT2D eigenvalue weighted by atomic mass is 10.2. The van der Waals surface area contributed by atoms with Gasteiger partial charge in [-0.2, -0.15) is 5.10 Å². The maximum atomic E-state index is 12.8. The fourth-order valence-electron chi connectivity index (χ4n) is 2.70. The van der Waals surface area contributed by atoms with Crippen molar-refractivity contribution in [2.45, 2.75) is 46.2 Å². The van der Waals surface area contributed by atoms with Gasteiger partial charge >= 0.3 is 0 Å². The van der Waals surface area contributed by atoms with Gasteiger partial charge in [0.15, 0.2) is 0 Å². The van der Waals surface area contributed by atoms with E-state index in [1.807, 2.05) is 29.5 Å². The number of carbonyl (C=O) groups excluding carboxylic acids is 1. The molecule has 0 aliphatic carbocycles. The summed E-state index contributed by atoms with van der Waals surface area (Å²) in [5.41, 5.74) is 1.63. The fraction of sp³-hybridized carbons (Fsp3) is 0.714. The van der Waals surface area contributed by atoms with Crippen LogP contribution in [0.1, 0.15) is 42.9 Å². The average molecular weight is 264 g/mol. The Hall–Kier alpha value is -1.36. The molecule has 1 atom stereocenters. The van der Waals surface area contributed by atoms with Gasteiger partial charge in [0.2, 0.25) is 0 Å². The van der Waals surface area contributed by atoms with Crippen molar-refractivity contribution < 1.29 is 4.79 Å². The third-order valence-electron chi connectivity index (χ3n) is 3.62. The molecule has 1 unspecified atom stereocenters. The SMILES string of the molecule is CCCN(C(=O)c1cc(C)nn1CC)C1CCNC1. The number of nitrogens with one attached hydrogen (secondary N) is 1. The monoisotopic (exact) mass is 264 g/mol. The van der Waals surface area contributed by atoms with Crippen molar-refractivity contribution in [3.63, 3.8) is 0 Å². The Kier molecular flexibility index (Phi) is 4.58. The molecule has 0 bridgehead atoms. The summed E-state index contributed by atoms with van der Waals surface area (Å²) in [7, 11) is 0. The van der Waals surface area contributed by atoms with E-state index in [0.29, 0.717) is 6.04 Å². The van der Waals surface area contributed by atoms with Gasteiger partial charge in [0.1, 0.15) is 5.69 Å². The zero-order chi connectivity index (χ0) is 13.8. The summed E-state index contributed by atoms with van der Waals surface area (Å²) >= 11 is 0. The molecule has 19 heavy (non-hydrogen) atoms. The van der Waals surface area contributed by atoms with Crippen LogP contribution in [0.5, 0.6) is 0 Å². The van der Waals surface area contributed by atoms with Crippen LogP contribution in [0.4, 0.5) is 0 Å². The first-order chi connectivity index (χ1) is 9.17. The number of rotatable bonds is 5. The molecule has 1 aliphatic heterocycles. The second-order valence-electron chi connectivity index (χ2n) is 5.13. The minimum Gasteiger partial charge on any atom is -0.333 e. The van der Waals surface area contributed by atoms with Crippen LogP contribution >= 0.6 is 0 Å². The third kappa shape index (κ3) is 2.97. The molecule has 2 rings (SSSR count). The molecular formula is C14H24N4O. The smallest absolute Gasteiger partial charge is 0.272 e. The summed E-state index contributed by atoms with van der Waals surface area (Å²) in [6.45, 7) is 9.53. The molecule has 106 valence electrons. The van der Waals surface area contributed by atoms with E-state index in [2.05, 4.69) is 17.3 Å². The van der Waals surface area contributed by atoms with Crippen molar-refractivity contribution in [3.05, 3.63) is 17.5 Å². The van der Waals surface area contributed by atoms with Crippen LogP contribution in [0.3, 0.4) is 0 Å². The molecule has 1 N–H and O–H groups in total. The van der Waals surface area contributed by atoms with Crippen molar-refractivity contribution in [1.82, 2.24) is 20.0 Å². The number of hydrogen-bond acceptors (Lipinski definition) is 3. The summed E-state index contributed by atoms with van der Waals surface area (Å²) in [4.78, 5) is 14.8. The second-order valence-corrected chi connectivity index (χ2v) is 5.13. The van der Waals surface area contributed by atoms with Crippen molar-refractivity contribution >= 4 is 5.91 Å². The maximum absolute atomic E-state index is 12.8. The normalized spacial score (nSPS) is 18.8. The Balaban J connectivity index is 2.22. The maximum Gasteiger partial charge on any atom is 0.272 e. The lowest BCUT2D eigenvalue weighted by molar-refractivity contribution is 0.0679. The molecule has 0 saturated carbocycles. The lowest BCUT2D eigenvalue weighted by Crippen LogP contribution is -2.42. The van der Waals surface area contributed by atoms with Gasteiger partial charge in [-0.3, -0.25) is 9.48 Å². The van der Waals surface area contributed by atoms with E-state index >= 15 is 0 Å². The van der Waals surface area contributed by atoms with E-state index < -0.39 is 0 Å². The Bertz CT molecular complexity index is 435. The lowest BCUT2D eigenvalue weighted by Gasteiger charge is -2.28. The number of aryl methyl sites for hydroxylation is 2. The molecular weight excluding hydrogens is 240 g/mol. The number of nitrogens with zero attached hydrogens (tertiary/aromatic N) is 3. The molecule has 2 heterocycles. The number of hydrogen-bond donors (Lipinski definition) is 1. The number of carbonyl (C=O) groups is 1. The Labute approximate surface area is 115 Å². The number of aromatic nitrogens is 2. The minimum absolute atomic E-state index is 0.123.